The van der Waals surface area contributed by atoms with E-state index in [2.05, 4.69) is 36.8 Å². The van der Waals surface area contributed by atoms with Crippen LogP contribution >= 0.6 is 31.9 Å². The zero-order chi connectivity index (χ0) is 12.4. The maximum Gasteiger partial charge on any atom is 0.183 e. The SMILES string of the molecule is Nc1ccncc1CC(O)c1cc(Br)c(Br)o1. The molecular weight excluding hydrogens is 352 g/mol. The lowest BCUT2D eigenvalue weighted by Gasteiger charge is -2.09. The van der Waals surface area contributed by atoms with Crippen LogP contribution in [0.15, 0.2) is 38.1 Å². The van der Waals surface area contributed by atoms with Crippen molar-refractivity contribution in [3.63, 3.8) is 0 Å². The highest BCUT2D eigenvalue weighted by molar-refractivity contribution is 9.13. The average Bonchev–Trinajstić information content (AvgIpc) is 2.63. The molecule has 1 atom stereocenters. The molecule has 2 aromatic heterocycles. The molecule has 2 aromatic rings. The minimum Gasteiger partial charge on any atom is -0.450 e. The number of hydrogen-bond acceptors (Lipinski definition) is 4. The van der Waals surface area contributed by atoms with E-state index in [0.29, 0.717) is 22.5 Å². The molecule has 2 rings (SSSR count). The maximum atomic E-state index is 10.0. The number of nitrogens with zero attached hydrogens (tertiary/aromatic N) is 1. The van der Waals surface area contributed by atoms with Gasteiger partial charge in [-0.25, -0.2) is 0 Å². The molecule has 0 aliphatic carbocycles. The average molecular weight is 362 g/mol. The van der Waals surface area contributed by atoms with Gasteiger partial charge in [0, 0.05) is 24.5 Å². The van der Waals surface area contributed by atoms with Crippen LogP contribution in [-0.2, 0) is 6.42 Å². The van der Waals surface area contributed by atoms with Gasteiger partial charge in [-0.2, -0.15) is 0 Å². The largest absolute Gasteiger partial charge is 0.450 e. The fourth-order valence-corrected chi connectivity index (χ4v) is 2.05. The minimum atomic E-state index is -0.746. The standard InChI is InChI=1S/C11H10Br2N2O2/c12-7-4-10(17-11(7)13)9(16)3-6-5-15-2-1-8(6)14/h1-2,4-5,9,16H,3H2,(H2,14,15). The summed E-state index contributed by atoms with van der Waals surface area (Å²) in [5, 5.41) is 10.0. The van der Waals surface area contributed by atoms with Gasteiger partial charge in [0.2, 0.25) is 0 Å². The second-order valence-electron chi connectivity index (χ2n) is 3.56. The number of aromatic nitrogens is 1. The predicted molar refractivity (Wildman–Crippen MR) is 71.4 cm³/mol. The number of hydrogen-bond donors (Lipinski definition) is 2. The monoisotopic (exact) mass is 360 g/mol. The second-order valence-corrected chi connectivity index (χ2v) is 5.14. The molecule has 0 bridgehead atoms. The Hall–Kier alpha value is -0.850. The van der Waals surface area contributed by atoms with Crippen molar-refractivity contribution in [2.75, 3.05) is 5.73 Å². The number of aliphatic hydroxyl groups is 1. The fraction of sp³-hybridized carbons (Fsp3) is 0.182. The Labute approximate surface area is 115 Å². The van der Waals surface area contributed by atoms with Gasteiger partial charge in [-0.1, -0.05) is 0 Å². The Morgan fingerprint density at radius 1 is 1.47 bits per heavy atom. The van der Waals surface area contributed by atoms with Crippen molar-refractivity contribution < 1.29 is 9.52 Å². The molecule has 0 aliphatic rings. The van der Waals surface area contributed by atoms with Crippen molar-refractivity contribution >= 4 is 37.5 Å². The lowest BCUT2D eigenvalue weighted by molar-refractivity contribution is 0.149. The van der Waals surface area contributed by atoms with E-state index in [1.807, 2.05) is 0 Å². The van der Waals surface area contributed by atoms with E-state index >= 15 is 0 Å². The number of pyridine rings is 1. The van der Waals surface area contributed by atoms with Crippen molar-refractivity contribution in [3.05, 3.63) is 45.0 Å². The van der Waals surface area contributed by atoms with Crippen LogP contribution < -0.4 is 5.73 Å². The molecule has 90 valence electrons. The van der Waals surface area contributed by atoms with E-state index in [-0.39, 0.29) is 0 Å². The number of halogens is 2. The van der Waals surface area contributed by atoms with Gasteiger partial charge >= 0.3 is 0 Å². The summed E-state index contributed by atoms with van der Waals surface area (Å²) in [6.45, 7) is 0. The van der Waals surface area contributed by atoms with Crippen LogP contribution in [-0.4, -0.2) is 10.1 Å². The molecule has 0 aliphatic heterocycles. The topological polar surface area (TPSA) is 72.3 Å². The number of anilines is 1. The van der Waals surface area contributed by atoms with Gasteiger partial charge in [-0.15, -0.1) is 0 Å². The van der Waals surface area contributed by atoms with E-state index in [0.717, 1.165) is 10.0 Å². The Morgan fingerprint density at radius 3 is 2.82 bits per heavy atom. The zero-order valence-corrected chi connectivity index (χ0v) is 11.9. The Kier molecular flexibility index (Phi) is 3.86. The van der Waals surface area contributed by atoms with Crippen LogP contribution in [0.3, 0.4) is 0 Å². The van der Waals surface area contributed by atoms with Crippen molar-refractivity contribution in [1.29, 1.82) is 0 Å². The Morgan fingerprint density at radius 2 is 2.24 bits per heavy atom. The van der Waals surface area contributed by atoms with E-state index < -0.39 is 6.10 Å². The van der Waals surface area contributed by atoms with E-state index in [1.54, 1.807) is 24.5 Å². The van der Waals surface area contributed by atoms with Gasteiger partial charge in [0.25, 0.3) is 0 Å². The first-order valence-corrected chi connectivity index (χ1v) is 6.47. The third kappa shape index (κ3) is 2.88. The maximum absolute atomic E-state index is 10.0. The fourth-order valence-electron chi connectivity index (χ4n) is 1.44. The smallest absolute Gasteiger partial charge is 0.183 e. The molecule has 0 fully saturated rings. The van der Waals surface area contributed by atoms with Crippen molar-refractivity contribution in [3.8, 4) is 0 Å². The van der Waals surface area contributed by atoms with Crippen LogP contribution in [0.25, 0.3) is 0 Å². The molecular formula is C11H10Br2N2O2. The molecule has 0 saturated carbocycles. The summed E-state index contributed by atoms with van der Waals surface area (Å²) in [5.74, 6) is 0.479. The number of furan rings is 1. The summed E-state index contributed by atoms with van der Waals surface area (Å²) in [7, 11) is 0. The summed E-state index contributed by atoms with van der Waals surface area (Å²) < 4.78 is 6.68. The Balaban J connectivity index is 2.17. The zero-order valence-electron chi connectivity index (χ0n) is 8.73. The first kappa shape index (κ1) is 12.6. The summed E-state index contributed by atoms with van der Waals surface area (Å²) in [4.78, 5) is 3.97. The number of nitrogens with two attached hydrogens (primary N) is 1. The van der Waals surface area contributed by atoms with Gasteiger partial charge in [0.05, 0.1) is 4.47 Å². The van der Waals surface area contributed by atoms with Gasteiger partial charge in [0.15, 0.2) is 4.67 Å². The molecule has 1 unspecified atom stereocenters. The van der Waals surface area contributed by atoms with Crippen molar-refractivity contribution in [1.82, 2.24) is 4.98 Å². The Bertz CT molecular complexity index is 508. The molecule has 4 nitrogen and oxygen atoms in total. The van der Waals surface area contributed by atoms with Crippen LogP contribution in [0.5, 0.6) is 0 Å². The molecule has 0 aromatic carbocycles. The van der Waals surface area contributed by atoms with Crippen LogP contribution in [0.4, 0.5) is 5.69 Å². The number of rotatable bonds is 3. The molecule has 17 heavy (non-hydrogen) atoms. The first-order valence-electron chi connectivity index (χ1n) is 4.89. The lowest BCUT2D eigenvalue weighted by atomic mass is 10.1. The highest BCUT2D eigenvalue weighted by atomic mass is 79.9. The summed E-state index contributed by atoms with van der Waals surface area (Å²) >= 11 is 6.52. The third-order valence-corrected chi connectivity index (χ3v) is 4.06. The first-order chi connectivity index (χ1) is 8.08. The molecule has 6 heteroatoms. The molecule has 2 heterocycles. The second kappa shape index (κ2) is 5.20. The molecule has 3 N–H and O–H groups in total. The van der Waals surface area contributed by atoms with E-state index in [1.165, 1.54) is 0 Å². The summed E-state index contributed by atoms with van der Waals surface area (Å²) in [6, 6.07) is 3.43. The van der Waals surface area contributed by atoms with Crippen molar-refractivity contribution in [2.24, 2.45) is 0 Å². The summed E-state index contributed by atoms with van der Waals surface area (Å²) in [6.07, 6.45) is 2.88. The van der Waals surface area contributed by atoms with Gasteiger partial charge in [-0.05, 0) is 49.6 Å². The van der Waals surface area contributed by atoms with Crippen LogP contribution in [0.2, 0.25) is 0 Å². The van der Waals surface area contributed by atoms with Gasteiger partial charge < -0.3 is 15.3 Å². The molecule has 0 saturated heterocycles. The number of aliphatic hydroxyl groups excluding tert-OH is 1. The normalized spacial score (nSPS) is 12.6. The van der Waals surface area contributed by atoms with Gasteiger partial charge in [-0.3, -0.25) is 4.98 Å². The van der Waals surface area contributed by atoms with Gasteiger partial charge in [0.1, 0.15) is 11.9 Å². The predicted octanol–water partition coefficient (Wildman–Crippen LogP) is 3.06. The minimum absolute atomic E-state index is 0.367. The number of nitrogen functional groups attached to an aromatic ring is 1. The highest BCUT2D eigenvalue weighted by Crippen LogP contribution is 2.31. The molecule has 0 amide bonds. The van der Waals surface area contributed by atoms with E-state index in [9.17, 15) is 5.11 Å². The van der Waals surface area contributed by atoms with Crippen molar-refractivity contribution in [2.45, 2.75) is 12.5 Å². The molecule has 0 spiro atoms. The third-order valence-electron chi connectivity index (χ3n) is 2.35. The van der Waals surface area contributed by atoms with Crippen LogP contribution in [0, 0.1) is 0 Å². The lowest BCUT2D eigenvalue weighted by Crippen LogP contribution is -2.03. The molecule has 0 radical (unpaired) electrons. The van der Waals surface area contributed by atoms with Crippen LogP contribution in [0.1, 0.15) is 17.4 Å². The quantitative estimate of drug-likeness (QED) is 0.881. The highest BCUT2D eigenvalue weighted by Gasteiger charge is 2.16. The summed E-state index contributed by atoms with van der Waals surface area (Å²) in [5.41, 5.74) is 7.19. The van der Waals surface area contributed by atoms with E-state index in [4.69, 9.17) is 10.2 Å².